The normalized spacial score (nSPS) is 12.1. The van der Waals surface area contributed by atoms with Gasteiger partial charge in [0, 0.05) is 5.56 Å². The van der Waals surface area contributed by atoms with Gasteiger partial charge in [-0.1, -0.05) is 29.8 Å². The number of carbonyl (C=O) groups excluding carboxylic acids is 1. The molecule has 1 atom stereocenters. The second kappa shape index (κ2) is 6.50. The average Bonchev–Trinajstić information content (AvgIpc) is 3.24. The summed E-state index contributed by atoms with van der Waals surface area (Å²) in [6.07, 6.45) is 1.50. The van der Waals surface area contributed by atoms with E-state index in [-0.39, 0.29) is 12.5 Å². The molecular weight excluding hydrogens is 294 g/mol. The van der Waals surface area contributed by atoms with Crippen molar-refractivity contribution in [3.05, 3.63) is 65.7 Å². The first-order valence-electron chi connectivity index (χ1n) is 7.25. The number of hydrogen-bond acceptors (Lipinski definition) is 4. The number of carbonyl (C=O) groups is 1. The Balaban J connectivity index is 1.74. The van der Waals surface area contributed by atoms with E-state index < -0.39 is 6.04 Å². The number of aliphatic hydroxyl groups excluding tert-OH is 1. The molecule has 6 heteroatoms. The SMILES string of the molecule is Cc1ccc(-c2cc(C(=O)NC(CO)c3ccco3)[nH]n2)cc1. The molecule has 118 valence electrons. The van der Waals surface area contributed by atoms with E-state index in [1.807, 2.05) is 31.2 Å². The molecule has 23 heavy (non-hydrogen) atoms. The van der Waals surface area contributed by atoms with Gasteiger partial charge in [0.15, 0.2) is 0 Å². The molecule has 0 aliphatic rings. The molecule has 1 unspecified atom stereocenters. The largest absolute Gasteiger partial charge is 0.467 e. The molecule has 1 amide bonds. The summed E-state index contributed by atoms with van der Waals surface area (Å²) in [5, 5.41) is 19.0. The molecular formula is C17H17N3O3. The number of aryl methyl sites for hydroxylation is 1. The van der Waals surface area contributed by atoms with E-state index in [2.05, 4.69) is 15.5 Å². The highest BCUT2D eigenvalue weighted by Gasteiger charge is 2.19. The number of amides is 1. The van der Waals surface area contributed by atoms with Crippen molar-refractivity contribution in [2.75, 3.05) is 6.61 Å². The fraction of sp³-hybridized carbons (Fsp3) is 0.176. The monoisotopic (exact) mass is 311 g/mol. The first-order chi connectivity index (χ1) is 11.2. The predicted octanol–water partition coefficient (Wildman–Crippen LogP) is 2.44. The number of furan rings is 1. The molecule has 3 aromatic rings. The summed E-state index contributed by atoms with van der Waals surface area (Å²) >= 11 is 0. The van der Waals surface area contributed by atoms with Gasteiger partial charge >= 0.3 is 0 Å². The minimum absolute atomic E-state index is 0.252. The van der Waals surface area contributed by atoms with Crippen LogP contribution in [0.2, 0.25) is 0 Å². The molecule has 0 saturated heterocycles. The van der Waals surface area contributed by atoms with Crippen molar-refractivity contribution < 1.29 is 14.3 Å². The highest BCUT2D eigenvalue weighted by molar-refractivity contribution is 5.93. The van der Waals surface area contributed by atoms with E-state index in [1.54, 1.807) is 18.2 Å². The van der Waals surface area contributed by atoms with Gasteiger partial charge in [-0.25, -0.2) is 0 Å². The summed E-state index contributed by atoms with van der Waals surface area (Å²) < 4.78 is 5.21. The van der Waals surface area contributed by atoms with E-state index >= 15 is 0 Å². The number of nitrogens with one attached hydrogen (secondary N) is 2. The highest BCUT2D eigenvalue weighted by atomic mass is 16.3. The number of aliphatic hydroxyl groups is 1. The van der Waals surface area contributed by atoms with Crippen LogP contribution in [0.15, 0.2) is 53.1 Å². The first kappa shape index (κ1) is 15.1. The van der Waals surface area contributed by atoms with Gasteiger partial charge in [0.25, 0.3) is 5.91 Å². The third-order valence-electron chi connectivity index (χ3n) is 3.54. The number of aromatic amines is 1. The lowest BCUT2D eigenvalue weighted by Crippen LogP contribution is -2.30. The van der Waals surface area contributed by atoms with Gasteiger partial charge in [0.2, 0.25) is 0 Å². The molecule has 0 bridgehead atoms. The van der Waals surface area contributed by atoms with Crippen LogP contribution < -0.4 is 5.32 Å². The summed E-state index contributed by atoms with van der Waals surface area (Å²) in [5.74, 6) is 0.144. The number of benzene rings is 1. The lowest BCUT2D eigenvalue weighted by atomic mass is 10.1. The van der Waals surface area contributed by atoms with E-state index in [4.69, 9.17) is 4.42 Å². The lowest BCUT2D eigenvalue weighted by Gasteiger charge is -2.12. The second-order valence-corrected chi connectivity index (χ2v) is 5.26. The molecule has 0 radical (unpaired) electrons. The zero-order chi connectivity index (χ0) is 16.2. The summed E-state index contributed by atoms with van der Waals surface area (Å²) in [5.41, 5.74) is 3.10. The molecule has 0 fully saturated rings. The molecule has 0 saturated carbocycles. The fourth-order valence-electron chi connectivity index (χ4n) is 2.24. The summed E-state index contributed by atoms with van der Waals surface area (Å²) in [4.78, 5) is 12.3. The van der Waals surface area contributed by atoms with Crippen LogP contribution in [0.3, 0.4) is 0 Å². The zero-order valence-electron chi connectivity index (χ0n) is 12.6. The predicted molar refractivity (Wildman–Crippen MR) is 84.8 cm³/mol. The van der Waals surface area contributed by atoms with Crippen LogP contribution in [0.25, 0.3) is 11.3 Å². The molecule has 1 aromatic carbocycles. The molecule has 0 aliphatic carbocycles. The van der Waals surface area contributed by atoms with Crippen molar-refractivity contribution >= 4 is 5.91 Å². The Morgan fingerprint density at radius 1 is 1.35 bits per heavy atom. The zero-order valence-corrected chi connectivity index (χ0v) is 12.6. The first-order valence-corrected chi connectivity index (χ1v) is 7.25. The van der Waals surface area contributed by atoms with E-state index in [1.165, 1.54) is 6.26 Å². The molecule has 2 heterocycles. The smallest absolute Gasteiger partial charge is 0.269 e. The summed E-state index contributed by atoms with van der Waals surface area (Å²) in [6.45, 7) is 1.76. The van der Waals surface area contributed by atoms with E-state index in [9.17, 15) is 9.90 Å². The maximum absolute atomic E-state index is 12.3. The van der Waals surface area contributed by atoms with Crippen LogP contribution in [0.5, 0.6) is 0 Å². The van der Waals surface area contributed by atoms with Crippen molar-refractivity contribution in [1.29, 1.82) is 0 Å². The Morgan fingerprint density at radius 3 is 2.78 bits per heavy atom. The van der Waals surface area contributed by atoms with Crippen molar-refractivity contribution in [3.63, 3.8) is 0 Å². The maximum Gasteiger partial charge on any atom is 0.269 e. The van der Waals surface area contributed by atoms with Gasteiger partial charge in [-0.05, 0) is 25.1 Å². The standard InChI is InChI=1S/C17H17N3O3/c1-11-4-6-12(7-5-11)13-9-14(20-19-13)17(22)18-15(10-21)16-3-2-8-23-16/h2-9,15,21H,10H2,1H3,(H,18,22)(H,19,20). The van der Waals surface area contributed by atoms with Gasteiger partial charge in [0.05, 0.1) is 18.6 Å². The van der Waals surface area contributed by atoms with Crippen LogP contribution >= 0.6 is 0 Å². The third kappa shape index (κ3) is 3.32. The lowest BCUT2D eigenvalue weighted by molar-refractivity contribution is 0.0902. The number of H-pyrrole nitrogens is 1. The van der Waals surface area contributed by atoms with Crippen molar-refractivity contribution in [2.24, 2.45) is 0 Å². The molecule has 0 spiro atoms. The Bertz CT molecular complexity index is 776. The van der Waals surface area contributed by atoms with Gasteiger partial charge in [0.1, 0.15) is 17.5 Å². The minimum Gasteiger partial charge on any atom is -0.467 e. The van der Waals surface area contributed by atoms with Crippen molar-refractivity contribution in [2.45, 2.75) is 13.0 Å². The van der Waals surface area contributed by atoms with Crippen molar-refractivity contribution in [1.82, 2.24) is 15.5 Å². The van der Waals surface area contributed by atoms with Crippen LogP contribution in [0, 0.1) is 6.92 Å². The third-order valence-corrected chi connectivity index (χ3v) is 3.54. The number of nitrogens with zero attached hydrogens (tertiary/aromatic N) is 1. The van der Waals surface area contributed by atoms with E-state index in [0.29, 0.717) is 17.1 Å². The van der Waals surface area contributed by atoms with Crippen molar-refractivity contribution in [3.8, 4) is 11.3 Å². The fourth-order valence-corrected chi connectivity index (χ4v) is 2.24. The second-order valence-electron chi connectivity index (χ2n) is 5.26. The highest BCUT2D eigenvalue weighted by Crippen LogP contribution is 2.19. The number of aromatic nitrogens is 2. The van der Waals surface area contributed by atoms with E-state index in [0.717, 1.165) is 11.1 Å². The molecule has 3 rings (SSSR count). The summed E-state index contributed by atoms with van der Waals surface area (Å²) in [7, 11) is 0. The minimum atomic E-state index is -0.594. The molecule has 3 N–H and O–H groups in total. The van der Waals surface area contributed by atoms with Gasteiger partial charge in [-0.15, -0.1) is 0 Å². The average molecular weight is 311 g/mol. The number of hydrogen-bond donors (Lipinski definition) is 3. The van der Waals surface area contributed by atoms with Gasteiger partial charge < -0.3 is 14.8 Å². The van der Waals surface area contributed by atoms with Crippen LogP contribution in [0.4, 0.5) is 0 Å². The van der Waals surface area contributed by atoms with Crippen LogP contribution in [0.1, 0.15) is 27.9 Å². The Hall–Kier alpha value is -2.86. The Kier molecular flexibility index (Phi) is 4.25. The van der Waals surface area contributed by atoms with Crippen LogP contribution in [-0.2, 0) is 0 Å². The van der Waals surface area contributed by atoms with Crippen LogP contribution in [-0.4, -0.2) is 27.8 Å². The molecule has 2 aromatic heterocycles. The molecule has 0 aliphatic heterocycles. The van der Waals surface area contributed by atoms with Gasteiger partial charge in [-0.2, -0.15) is 5.10 Å². The topological polar surface area (TPSA) is 91.1 Å². The quantitative estimate of drug-likeness (QED) is 0.675. The van der Waals surface area contributed by atoms with Gasteiger partial charge in [-0.3, -0.25) is 9.89 Å². The Labute approximate surface area is 133 Å². The summed E-state index contributed by atoms with van der Waals surface area (Å²) in [6, 6.07) is 12.4. The Morgan fingerprint density at radius 2 is 2.13 bits per heavy atom. The number of rotatable bonds is 5. The maximum atomic E-state index is 12.3. The molecule has 6 nitrogen and oxygen atoms in total.